The molecule has 1 fully saturated rings. The molecule has 5 heteroatoms. The van der Waals surface area contributed by atoms with Crippen LogP contribution in [-0.2, 0) is 0 Å². The lowest BCUT2D eigenvalue weighted by Crippen LogP contribution is -2.03. The summed E-state index contributed by atoms with van der Waals surface area (Å²) in [4.78, 5) is 15.0. The second-order valence-electron chi connectivity index (χ2n) is 3.79. The summed E-state index contributed by atoms with van der Waals surface area (Å²) in [5, 5.41) is 13.0. The van der Waals surface area contributed by atoms with Crippen LogP contribution in [0.2, 0.25) is 0 Å². The lowest BCUT2D eigenvalue weighted by molar-refractivity contribution is 0.0698. The van der Waals surface area contributed by atoms with Gasteiger partial charge in [-0.25, -0.2) is 14.3 Å². The molecular weight excluding hydrogens is 194 g/mol. The highest BCUT2D eigenvalue weighted by Gasteiger charge is 2.26. The molecule has 0 amide bonds. The van der Waals surface area contributed by atoms with Gasteiger partial charge in [0.1, 0.15) is 11.9 Å². The first-order valence-corrected chi connectivity index (χ1v) is 4.82. The van der Waals surface area contributed by atoms with E-state index in [9.17, 15) is 4.79 Å². The Morgan fingerprint density at radius 2 is 2.33 bits per heavy atom. The van der Waals surface area contributed by atoms with Crippen molar-refractivity contribution in [2.24, 2.45) is 0 Å². The summed E-state index contributed by atoms with van der Waals surface area (Å²) in [6.07, 6.45) is 5.52. The molecule has 1 saturated carbocycles. The molecule has 1 aliphatic rings. The molecule has 1 aliphatic carbocycles. The standard InChI is InChI=1S/C10H9N3O2/c14-10(15)8-3-7(6-1-2-6)4-13-9(8)11-5-12-13/h3-6H,1-2H2,(H,14,15). The van der Waals surface area contributed by atoms with Gasteiger partial charge in [-0.3, -0.25) is 0 Å². The number of aromatic nitrogens is 3. The van der Waals surface area contributed by atoms with Gasteiger partial charge < -0.3 is 5.11 Å². The Labute approximate surface area is 85.4 Å². The van der Waals surface area contributed by atoms with E-state index in [0.29, 0.717) is 11.6 Å². The summed E-state index contributed by atoms with van der Waals surface area (Å²) >= 11 is 0. The normalized spacial score (nSPS) is 15.7. The molecule has 0 unspecified atom stereocenters. The Bertz CT molecular complexity index is 543. The van der Waals surface area contributed by atoms with Crippen molar-refractivity contribution < 1.29 is 9.90 Å². The Hall–Kier alpha value is -1.91. The second-order valence-corrected chi connectivity index (χ2v) is 3.79. The first kappa shape index (κ1) is 8.40. The molecule has 0 bridgehead atoms. The van der Waals surface area contributed by atoms with Crippen molar-refractivity contribution in [2.75, 3.05) is 0 Å². The zero-order chi connectivity index (χ0) is 10.4. The van der Waals surface area contributed by atoms with Crippen molar-refractivity contribution in [1.82, 2.24) is 14.6 Å². The zero-order valence-electron chi connectivity index (χ0n) is 7.92. The van der Waals surface area contributed by atoms with Crippen LogP contribution in [-0.4, -0.2) is 25.7 Å². The highest BCUT2D eigenvalue weighted by Crippen LogP contribution is 2.40. The van der Waals surface area contributed by atoms with Gasteiger partial charge in [-0.05, 0) is 30.4 Å². The Morgan fingerprint density at radius 3 is 3.00 bits per heavy atom. The van der Waals surface area contributed by atoms with Gasteiger partial charge in [0.2, 0.25) is 0 Å². The van der Waals surface area contributed by atoms with Crippen LogP contribution in [0.4, 0.5) is 0 Å². The van der Waals surface area contributed by atoms with E-state index in [1.54, 1.807) is 6.07 Å². The largest absolute Gasteiger partial charge is 0.478 e. The molecule has 2 heterocycles. The van der Waals surface area contributed by atoms with E-state index in [-0.39, 0.29) is 5.56 Å². The molecule has 76 valence electrons. The quantitative estimate of drug-likeness (QED) is 0.798. The van der Waals surface area contributed by atoms with E-state index in [2.05, 4.69) is 10.1 Å². The number of fused-ring (bicyclic) bond motifs is 1. The number of rotatable bonds is 2. The number of aromatic carboxylic acids is 1. The first-order valence-electron chi connectivity index (χ1n) is 4.82. The monoisotopic (exact) mass is 203 g/mol. The second kappa shape index (κ2) is 2.79. The van der Waals surface area contributed by atoms with Gasteiger partial charge >= 0.3 is 5.97 Å². The van der Waals surface area contributed by atoms with Gasteiger partial charge in [0.25, 0.3) is 0 Å². The van der Waals surface area contributed by atoms with Crippen molar-refractivity contribution in [1.29, 1.82) is 0 Å². The fourth-order valence-corrected chi connectivity index (χ4v) is 1.74. The van der Waals surface area contributed by atoms with Crippen LogP contribution in [0.15, 0.2) is 18.6 Å². The van der Waals surface area contributed by atoms with Gasteiger partial charge in [-0.2, -0.15) is 5.10 Å². The molecule has 0 saturated heterocycles. The molecule has 3 rings (SSSR count). The Morgan fingerprint density at radius 1 is 1.53 bits per heavy atom. The third-order valence-electron chi connectivity index (χ3n) is 2.68. The minimum absolute atomic E-state index is 0.233. The molecule has 0 spiro atoms. The summed E-state index contributed by atoms with van der Waals surface area (Å²) in [5.74, 6) is -0.438. The van der Waals surface area contributed by atoms with E-state index < -0.39 is 5.97 Å². The minimum Gasteiger partial charge on any atom is -0.478 e. The maximum Gasteiger partial charge on any atom is 0.339 e. The Kier molecular flexibility index (Phi) is 1.56. The highest BCUT2D eigenvalue weighted by molar-refractivity contribution is 5.94. The summed E-state index contributed by atoms with van der Waals surface area (Å²) in [5.41, 5.74) is 1.69. The number of hydrogen-bond donors (Lipinski definition) is 1. The molecule has 0 aliphatic heterocycles. The lowest BCUT2D eigenvalue weighted by Gasteiger charge is -2.02. The van der Waals surface area contributed by atoms with E-state index in [1.165, 1.54) is 10.8 Å². The number of carbonyl (C=O) groups is 1. The highest BCUT2D eigenvalue weighted by atomic mass is 16.4. The smallest absolute Gasteiger partial charge is 0.339 e. The van der Waals surface area contributed by atoms with E-state index >= 15 is 0 Å². The van der Waals surface area contributed by atoms with Crippen molar-refractivity contribution in [3.8, 4) is 0 Å². The maximum absolute atomic E-state index is 11.0. The van der Waals surface area contributed by atoms with Crippen LogP contribution in [0.25, 0.3) is 5.65 Å². The zero-order valence-corrected chi connectivity index (χ0v) is 7.92. The molecule has 15 heavy (non-hydrogen) atoms. The van der Waals surface area contributed by atoms with Crippen LogP contribution in [0, 0.1) is 0 Å². The number of carboxylic acids is 1. The van der Waals surface area contributed by atoms with E-state index in [4.69, 9.17) is 5.11 Å². The molecule has 0 aromatic carbocycles. The molecule has 5 nitrogen and oxygen atoms in total. The molecule has 2 aromatic heterocycles. The fraction of sp³-hybridized carbons (Fsp3) is 0.300. The molecule has 0 atom stereocenters. The van der Waals surface area contributed by atoms with Crippen molar-refractivity contribution in [3.63, 3.8) is 0 Å². The first-order chi connectivity index (χ1) is 7.25. The SMILES string of the molecule is O=C(O)c1cc(C2CC2)cn2ncnc12. The van der Waals surface area contributed by atoms with E-state index in [1.807, 2.05) is 6.20 Å². The molecular formula is C10H9N3O2. The predicted octanol–water partition coefficient (Wildman–Crippen LogP) is 1.30. The number of carboxylic acid groups (broad SMARTS) is 1. The van der Waals surface area contributed by atoms with Crippen LogP contribution in [0.3, 0.4) is 0 Å². The van der Waals surface area contributed by atoms with Crippen molar-refractivity contribution in [2.45, 2.75) is 18.8 Å². The van der Waals surface area contributed by atoms with Crippen LogP contribution in [0.1, 0.15) is 34.7 Å². The minimum atomic E-state index is -0.949. The number of nitrogens with zero attached hydrogens (tertiary/aromatic N) is 3. The number of hydrogen-bond acceptors (Lipinski definition) is 3. The summed E-state index contributed by atoms with van der Waals surface area (Å²) in [7, 11) is 0. The van der Waals surface area contributed by atoms with Gasteiger partial charge in [0.05, 0.1) is 0 Å². The Balaban J connectivity index is 2.28. The predicted molar refractivity (Wildman–Crippen MR) is 51.9 cm³/mol. The maximum atomic E-state index is 11.0. The molecule has 1 N–H and O–H groups in total. The van der Waals surface area contributed by atoms with Gasteiger partial charge in [0.15, 0.2) is 5.65 Å². The average molecular weight is 203 g/mol. The van der Waals surface area contributed by atoms with Gasteiger partial charge in [-0.1, -0.05) is 0 Å². The third kappa shape index (κ3) is 1.27. The van der Waals surface area contributed by atoms with Crippen molar-refractivity contribution >= 4 is 11.6 Å². The van der Waals surface area contributed by atoms with Crippen LogP contribution in [0.5, 0.6) is 0 Å². The fourth-order valence-electron chi connectivity index (χ4n) is 1.74. The number of pyridine rings is 1. The topological polar surface area (TPSA) is 67.5 Å². The van der Waals surface area contributed by atoms with Gasteiger partial charge in [-0.15, -0.1) is 0 Å². The van der Waals surface area contributed by atoms with Crippen LogP contribution >= 0.6 is 0 Å². The van der Waals surface area contributed by atoms with E-state index in [0.717, 1.165) is 18.4 Å². The average Bonchev–Trinajstić information content (AvgIpc) is 2.95. The molecule has 2 aromatic rings. The molecule has 0 radical (unpaired) electrons. The van der Waals surface area contributed by atoms with Crippen molar-refractivity contribution in [3.05, 3.63) is 29.7 Å². The summed E-state index contributed by atoms with van der Waals surface area (Å²) in [6, 6.07) is 1.71. The third-order valence-corrected chi connectivity index (χ3v) is 2.68. The van der Waals surface area contributed by atoms with Crippen LogP contribution < -0.4 is 0 Å². The van der Waals surface area contributed by atoms with Gasteiger partial charge in [0, 0.05) is 6.20 Å². The lowest BCUT2D eigenvalue weighted by atomic mass is 10.1. The summed E-state index contributed by atoms with van der Waals surface area (Å²) < 4.78 is 1.54. The summed E-state index contributed by atoms with van der Waals surface area (Å²) in [6.45, 7) is 0.